The maximum absolute atomic E-state index is 13.8. The third-order valence-electron chi connectivity index (χ3n) is 8.13. The maximum Gasteiger partial charge on any atom is 0.254 e. The first-order valence-corrected chi connectivity index (χ1v) is 14.2. The summed E-state index contributed by atoms with van der Waals surface area (Å²) in [6.07, 6.45) is 2.81. The Bertz CT molecular complexity index is 1210. The number of likely N-dealkylation sites (tertiary alicyclic amines) is 2. The van der Waals surface area contributed by atoms with Crippen LogP contribution in [0.4, 0.5) is 0 Å². The summed E-state index contributed by atoms with van der Waals surface area (Å²) in [5, 5.41) is 9.36. The largest absolute Gasteiger partial charge is 0.491 e. The number of aliphatic hydroxyl groups excluding tert-OH is 1. The summed E-state index contributed by atoms with van der Waals surface area (Å²) in [7, 11) is 0. The fourth-order valence-corrected chi connectivity index (χ4v) is 8.03. The number of rotatable bonds is 7. The van der Waals surface area contributed by atoms with Gasteiger partial charge in [0.25, 0.3) is 11.8 Å². The molecule has 0 radical (unpaired) electrons. The fraction of sp³-hybridized carbons (Fsp3) is 0.538. The predicted molar refractivity (Wildman–Crippen MR) is 139 cm³/mol. The maximum atomic E-state index is 13.8. The SMILES string of the molecule is CCCN1C(=O)C2CC=C3C(CC4(Cl)C(=O)N(CBr)C(=O)C4(Cl)C3c3ccccc3OCCO)C2C1=O. The number of allylic oxidation sites excluding steroid dienone is 2. The molecule has 6 unspecified atom stereocenters. The molecule has 1 N–H and O–H groups in total. The van der Waals surface area contributed by atoms with E-state index >= 15 is 0 Å². The van der Waals surface area contributed by atoms with E-state index in [2.05, 4.69) is 15.9 Å². The van der Waals surface area contributed by atoms with Crippen molar-refractivity contribution in [1.29, 1.82) is 0 Å². The summed E-state index contributed by atoms with van der Waals surface area (Å²) < 4.78 is 5.81. The monoisotopic (exact) mass is 612 g/mol. The molecule has 1 aromatic rings. The second-order valence-corrected chi connectivity index (χ2v) is 11.7. The number of para-hydroxylation sites is 1. The van der Waals surface area contributed by atoms with Crippen molar-refractivity contribution in [3.05, 3.63) is 41.5 Å². The van der Waals surface area contributed by atoms with Crippen molar-refractivity contribution in [3.63, 3.8) is 0 Å². The van der Waals surface area contributed by atoms with Crippen molar-refractivity contribution in [2.75, 3.05) is 25.2 Å². The quantitative estimate of drug-likeness (QED) is 0.219. The number of imide groups is 2. The van der Waals surface area contributed by atoms with Gasteiger partial charge in [0.1, 0.15) is 12.4 Å². The molecule has 6 atom stereocenters. The average Bonchev–Trinajstić information content (AvgIpc) is 3.21. The molecule has 2 aliphatic carbocycles. The highest BCUT2D eigenvalue weighted by molar-refractivity contribution is 9.09. The smallest absolute Gasteiger partial charge is 0.254 e. The number of halogens is 3. The van der Waals surface area contributed by atoms with Crippen LogP contribution < -0.4 is 4.74 Å². The van der Waals surface area contributed by atoms with Gasteiger partial charge in [0.2, 0.25) is 11.8 Å². The topological polar surface area (TPSA) is 104 Å². The third kappa shape index (κ3) is 3.57. The van der Waals surface area contributed by atoms with E-state index in [1.165, 1.54) is 4.90 Å². The van der Waals surface area contributed by atoms with Crippen LogP contribution in [0.1, 0.15) is 37.7 Å². The number of alkyl halides is 3. The number of ether oxygens (including phenoxy) is 1. The van der Waals surface area contributed by atoms with Crippen LogP contribution in [0.5, 0.6) is 5.75 Å². The molecule has 3 fully saturated rings. The molecule has 37 heavy (non-hydrogen) atoms. The molecule has 0 bridgehead atoms. The van der Waals surface area contributed by atoms with Gasteiger partial charge >= 0.3 is 0 Å². The van der Waals surface area contributed by atoms with Crippen molar-refractivity contribution in [2.24, 2.45) is 17.8 Å². The van der Waals surface area contributed by atoms with Crippen LogP contribution in [-0.2, 0) is 19.2 Å². The van der Waals surface area contributed by atoms with Crippen molar-refractivity contribution in [2.45, 2.75) is 41.9 Å². The minimum Gasteiger partial charge on any atom is -0.491 e. The lowest BCUT2D eigenvalue weighted by Gasteiger charge is -2.51. The Labute approximate surface area is 233 Å². The van der Waals surface area contributed by atoms with E-state index in [0.29, 0.717) is 36.3 Å². The van der Waals surface area contributed by atoms with Gasteiger partial charge in [0, 0.05) is 18.0 Å². The molecular weight excluding hydrogens is 587 g/mol. The highest BCUT2D eigenvalue weighted by Crippen LogP contribution is 2.66. The van der Waals surface area contributed by atoms with Crippen LogP contribution in [0.3, 0.4) is 0 Å². The van der Waals surface area contributed by atoms with Gasteiger partial charge in [-0.2, -0.15) is 0 Å². The van der Waals surface area contributed by atoms with Gasteiger partial charge in [-0.3, -0.25) is 29.0 Å². The lowest BCUT2D eigenvalue weighted by molar-refractivity contribution is -0.141. The van der Waals surface area contributed by atoms with Crippen LogP contribution in [0, 0.1) is 17.8 Å². The molecule has 8 nitrogen and oxygen atoms in total. The Morgan fingerprint density at radius 3 is 2.49 bits per heavy atom. The standard InChI is InChI=1S/C26H27BrCl2N2O6/c1-2-9-30-21(33)16-8-7-14-17(19(16)22(30)34)12-25(28)23(35)31(13-27)24(36)26(25,29)20(14)15-5-3-4-6-18(15)37-11-10-32/h3-7,16-17,19-20,32H,2,8-13H2,1H3. The highest BCUT2D eigenvalue weighted by atomic mass is 79.9. The minimum absolute atomic E-state index is 0.0115. The number of carbonyl (C=O) groups excluding carboxylic acids is 4. The van der Waals surface area contributed by atoms with Crippen LogP contribution in [-0.4, -0.2) is 73.5 Å². The predicted octanol–water partition coefficient (Wildman–Crippen LogP) is 3.18. The molecule has 2 heterocycles. The average molecular weight is 614 g/mol. The molecule has 4 aliphatic rings. The summed E-state index contributed by atoms with van der Waals surface area (Å²) in [6.45, 7) is 2.02. The van der Waals surface area contributed by atoms with E-state index in [1.54, 1.807) is 24.3 Å². The number of hydrogen-bond donors (Lipinski definition) is 1. The number of nitrogens with zero attached hydrogens (tertiary/aromatic N) is 2. The molecule has 198 valence electrons. The van der Waals surface area contributed by atoms with E-state index in [9.17, 15) is 24.3 Å². The first kappa shape index (κ1) is 26.7. The second kappa shape index (κ2) is 9.67. The van der Waals surface area contributed by atoms with Crippen LogP contribution in [0.2, 0.25) is 0 Å². The van der Waals surface area contributed by atoms with E-state index in [1.807, 2.05) is 13.0 Å². The van der Waals surface area contributed by atoms with Crippen LogP contribution >= 0.6 is 39.1 Å². The lowest BCUT2D eigenvalue weighted by atomic mass is 9.56. The Morgan fingerprint density at radius 1 is 1.08 bits per heavy atom. The molecule has 2 aliphatic heterocycles. The zero-order chi connectivity index (χ0) is 26.7. The molecule has 5 rings (SSSR count). The number of aliphatic hydroxyl groups is 1. The van der Waals surface area contributed by atoms with Gasteiger partial charge < -0.3 is 9.84 Å². The van der Waals surface area contributed by atoms with Crippen LogP contribution in [0.15, 0.2) is 35.9 Å². The van der Waals surface area contributed by atoms with E-state index < -0.39 is 45.2 Å². The fourth-order valence-electron chi connectivity index (χ4n) is 6.61. The summed E-state index contributed by atoms with van der Waals surface area (Å²) in [5.41, 5.74) is 1.16. The Hall–Kier alpha value is -1.94. The first-order valence-electron chi connectivity index (χ1n) is 12.3. The molecule has 11 heteroatoms. The van der Waals surface area contributed by atoms with Gasteiger partial charge in [0.05, 0.1) is 23.9 Å². The summed E-state index contributed by atoms with van der Waals surface area (Å²) in [6, 6.07) is 6.98. The van der Waals surface area contributed by atoms with E-state index in [4.69, 9.17) is 27.9 Å². The molecule has 4 amide bonds. The summed E-state index contributed by atoms with van der Waals surface area (Å²) in [5.74, 6) is -4.05. The van der Waals surface area contributed by atoms with Crippen molar-refractivity contribution >= 4 is 62.8 Å². The number of amides is 4. The number of fused-ring (bicyclic) bond motifs is 4. The molecule has 0 spiro atoms. The van der Waals surface area contributed by atoms with Gasteiger partial charge in [0.15, 0.2) is 9.75 Å². The zero-order valence-electron chi connectivity index (χ0n) is 20.2. The summed E-state index contributed by atoms with van der Waals surface area (Å²) >= 11 is 17.6. The zero-order valence-corrected chi connectivity index (χ0v) is 23.3. The normalized spacial score (nSPS) is 34.9. The lowest BCUT2D eigenvalue weighted by Crippen LogP contribution is -2.60. The Morgan fingerprint density at radius 2 is 1.81 bits per heavy atom. The summed E-state index contributed by atoms with van der Waals surface area (Å²) in [4.78, 5) is 52.7. The van der Waals surface area contributed by atoms with Gasteiger partial charge in [-0.05, 0) is 31.2 Å². The van der Waals surface area contributed by atoms with Crippen molar-refractivity contribution < 1.29 is 29.0 Å². The second-order valence-electron chi connectivity index (χ2n) is 9.92. The number of hydrogen-bond acceptors (Lipinski definition) is 6. The minimum atomic E-state index is -1.89. The molecule has 1 saturated carbocycles. The van der Waals surface area contributed by atoms with Crippen molar-refractivity contribution in [1.82, 2.24) is 9.80 Å². The van der Waals surface area contributed by atoms with Gasteiger partial charge in [-0.1, -0.05) is 52.7 Å². The molecular formula is C26H27BrCl2N2O6. The third-order valence-corrected chi connectivity index (χ3v) is 10.0. The van der Waals surface area contributed by atoms with Crippen LogP contribution in [0.25, 0.3) is 0 Å². The first-order chi connectivity index (χ1) is 17.7. The van der Waals surface area contributed by atoms with E-state index in [-0.39, 0.29) is 36.9 Å². The molecule has 0 aromatic heterocycles. The van der Waals surface area contributed by atoms with Gasteiger partial charge in [-0.15, -0.1) is 23.2 Å². The molecule has 1 aromatic carbocycles. The number of benzene rings is 1. The Kier molecular flexibility index (Phi) is 6.96. The van der Waals surface area contributed by atoms with Crippen molar-refractivity contribution in [3.8, 4) is 5.75 Å². The molecule has 2 saturated heterocycles. The number of carbonyl (C=O) groups is 4. The van der Waals surface area contributed by atoms with Gasteiger partial charge in [-0.25, -0.2) is 0 Å². The highest BCUT2D eigenvalue weighted by Gasteiger charge is 2.76. The Balaban J connectivity index is 1.71. The van der Waals surface area contributed by atoms with E-state index in [0.717, 1.165) is 4.90 Å².